The van der Waals surface area contributed by atoms with E-state index in [4.69, 9.17) is 17.3 Å². The molecule has 0 aliphatic carbocycles. The molecule has 9 heteroatoms. The van der Waals surface area contributed by atoms with E-state index < -0.39 is 0 Å². The van der Waals surface area contributed by atoms with Gasteiger partial charge in [0, 0.05) is 19.4 Å². The molecule has 3 N–H and O–H groups in total. The number of thioether (sulfide) groups is 1. The Bertz CT molecular complexity index is 778. The summed E-state index contributed by atoms with van der Waals surface area (Å²) in [5.74, 6) is 0.304. The summed E-state index contributed by atoms with van der Waals surface area (Å²) in [5, 5.41) is 12.1. The molecule has 0 saturated carbocycles. The summed E-state index contributed by atoms with van der Waals surface area (Å²) >= 11 is 7.40. The van der Waals surface area contributed by atoms with Crippen LogP contribution in [0.15, 0.2) is 23.4 Å². The van der Waals surface area contributed by atoms with Gasteiger partial charge in [-0.05, 0) is 31.5 Å². The van der Waals surface area contributed by atoms with Crippen molar-refractivity contribution in [2.75, 3.05) is 11.1 Å². The fourth-order valence-electron chi connectivity index (χ4n) is 2.20. The van der Waals surface area contributed by atoms with Crippen molar-refractivity contribution in [3.8, 4) is 0 Å². The second-order valence-corrected chi connectivity index (χ2v) is 6.78. The minimum absolute atomic E-state index is 0.179. The fourth-order valence-corrected chi connectivity index (χ4v) is 3.30. The number of primary amides is 1. The molecule has 0 spiro atoms. The first kappa shape index (κ1) is 19.3. The average molecular weight is 382 g/mol. The maximum absolute atomic E-state index is 12.1. The van der Waals surface area contributed by atoms with E-state index in [0.29, 0.717) is 34.7 Å². The van der Waals surface area contributed by atoms with Crippen LogP contribution in [0.5, 0.6) is 0 Å². The number of carbonyl (C=O) groups is 2. The summed E-state index contributed by atoms with van der Waals surface area (Å²) in [7, 11) is 0. The predicted molar refractivity (Wildman–Crippen MR) is 98.8 cm³/mol. The highest BCUT2D eigenvalue weighted by atomic mass is 35.5. The van der Waals surface area contributed by atoms with E-state index in [1.807, 2.05) is 24.5 Å². The number of aryl methyl sites for hydroxylation is 2. The van der Waals surface area contributed by atoms with Gasteiger partial charge in [0.25, 0.3) is 0 Å². The Morgan fingerprint density at radius 3 is 2.76 bits per heavy atom. The average Bonchev–Trinajstić information content (AvgIpc) is 2.95. The zero-order valence-corrected chi connectivity index (χ0v) is 15.7. The predicted octanol–water partition coefficient (Wildman–Crippen LogP) is 2.41. The van der Waals surface area contributed by atoms with Gasteiger partial charge in [-0.3, -0.25) is 9.59 Å². The van der Waals surface area contributed by atoms with Crippen molar-refractivity contribution in [1.29, 1.82) is 0 Å². The van der Waals surface area contributed by atoms with Crippen LogP contribution in [0.25, 0.3) is 0 Å². The number of anilines is 1. The van der Waals surface area contributed by atoms with Crippen LogP contribution >= 0.6 is 23.4 Å². The third-order valence-electron chi connectivity index (χ3n) is 3.44. The number of nitrogens with zero attached hydrogens (tertiary/aromatic N) is 3. The quantitative estimate of drug-likeness (QED) is 0.683. The summed E-state index contributed by atoms with van der Waals surface area (Å²) in [4.78, 5) is 23.0. The van der Waals surface area contributed by atoms with Gasteiger partial charge in [0.2, 0.25) is 11.8 Å². The molecule has 0 atom stereocenters. The Kier molecular flexibility index (Phi) is 6.83. The van der Waals surface area contributed by atoms with Gasteiger partial charge in [-0.25, -0.2) is 0 Å². The molecule has 0 bridgehead atoms. The second-order valence-electron chi connectivity index (χ2n) is 5.43. The summed E-state index contributed by atoms with van der Waals surface area (Å²) in [6.45, 7) is 4.53. The van der Waals surface area contributed by atoms with Crippen LogP contribution in [0.2, 0.25) is 5.02 Å². The molecule has 0 aliphatic rings. The first-order valence-corrected chi connectivity index (χ1v) is 9.16. The number of amides is 2. The van der Waals surface area contributed by atoms with E-state index in [2.05, 4.69) is 15.5 Å². The van der Waals surface area contributed by atoms with E-state index in [9.17, 15) is 9.59 Å². The van der Waals surface area contributed by atoms with Crippen LogP contribution in [0.3, 0.4) is 0 Å². The van der Waals surface area contributed by atoms with E-state index >= 15 is 0 Å². The van der Waals surface area contributed by atoms with Crippen molar-refractivity contribution < 1.29 is 9.59 Å². The molecule has 2 aromatic rings. The van der Waals surface area contributed by atoms with E-state index in [1.165, 1.54) is 11.8 Å². The maximum Gasteiger partial charge on any atom is 0.234 e. The summed E-state index contributed by atoms with van der Waals surface area (Å²) < 4.78 is 1.87. The van der Waals surface area contributed by atoms with Gasteiger partial charge < -0.3 is 15.6 Å². The molecule has 2 rings (SSSR count). The van der Waals surface area contributed by atoms with Crippen LogP contribution in [0.4, 0.5) is 5.69 Å². The van der Waals surface area contributed by atoms with E-state index in [1.54, 1.807) is 12.1 Å². The molecule has 1 aromatic carbocycles. The summed E-state index contributed by atoms with van der Waals surface area (Å²) in [6.07, 6.45) is 0.650. The molecule has 1 aromatic heterocycles. The Balaban J connectivity index is 1.96. The lowest BCUT2D eigenvalue weighted by Crippen LogP contribution is -2.15. The third kappa shape index (κ3) is 5.47. The van der Waals surface area contributed by atoms with Gasteiger partial charge in [0.15, 0.2) is 5.16 Å². The number of hydrogen-bond donors (Lipinski definition) is 2. The van der Waals surface area contributed by atoms with Crippen molar-refractivity contribution in [1.82, 2.24) is 14.8 Å². The molecule has 2 amide bonds. The van der Waals surface area contributed by atoms with Crippen LogP contribution in [0.1, 0.15) is 24.7 Å². The number of nitrogens with two attached hydrogens (primary N) is 1. The maximum atomic E-state index is 12.1. The van der Waals surface area contributed by atoms with Crippen LogP contribution in [-0.2, 0) is 22.6 Å². The standard InChI is InChI=1S/C16H20ClN5O2S/c1-3-22-14(7-6-13(18)23)20-21-16(22)25-9-15(24)19-12-5-4-10(2)8-11(12)17/h4-5,8H,3,6-7,9H2,1-2H3,(H2,18,23)(H,19,24). The number of halogens is 1. The lowest BCUT2D eigenvalue weighted by Gasteiger charge is -2.09. The van der Waals surface area contributed by atoms with Crippen molar-refractivity contribution in [3.05, 3.63) is 34.6 Å². The van der Waals surface area contributed by atoms with Gasteiger partial charge in [0.1, 0.15) is 5.82 Å². The smallest absolute Gasteiger partial charge is 0.234 e. The lowest BCUT2D eigenvalue weighted by molar-refractivity contribution is -0.118. The van der Waals surface area contributed by atoms with Gasteiger partial charge >= 0.3 is 0 Å². The molecule has 0 radical (unpaired) electrons. The van der Waals surface area contributed by atoms with Crippen molar-refractivity contribution >= 4 is 40.9 Å². The fraction of sp³-hybridized carbons (Fsp3) is 0.375. The molecule has 1 heterocycles. The number of hydrogen-bond acceptors (Lipinski definition) is 5. The zero-order valence-electron chi connectivity index (χ0n) is 14.1. The van der Waals surface area contributed by atoms with Crippen LogP contribution in [-0.4, -0.2) is 32.3 Å². The van der Waals surface area contributed by atoms with Crippen molar-refractivity contribution in [2.24, 2.45) is 5.73 Å². The largest absolute Gasteiger partial charge is 0.370 e. The van der Waals surface area contributed by atoms with Crippen molar-refractivity contribution in [3.63, 3.8) is 0 Å². The Morgan fingerprint density at radius 1 is 1.36 bits per heavy atom. The second kappa shape index (κ2) is 8.87. The van der Waals surface area contributed by atoms with E-state index in [0.717, 1.165) is 5.56 Å². The SMILES string of the molecule is CCn1c(CCC(N)=O)nnc1SCC(=O)Nc1ccc(C)cc1Cl. The Hall–Kier alpha value is -2.06. The number of rotatable bonds is 8. The Morgan fingerprint density at radius 2 is 2.12 bits per heavy atom. The summed E-state index contributed by atoms with van der Waals surface area (Å²) in [6, 6.07) is 5.45. The molecule has 0 aliphatic heterocycles. The van der Waals surface area contributed by atoms with Crippen LogP contribution in [0, 0.1) is 6.92 Å². The molecule has 0 saturated heterocycles. The third-order valence-corrected chi connectivity index (χ3v) is 4.72. The number of benzene rings is 1. The highest BCUT2D eigenvalue weighted by Crippen LogP contribution is 2.23. The van der Waals surface area contributed by atoms with Crippen LogP contribution < -0.4 is 11.1 Å². The lowest BCUT2D eigenvalue weighted by atomic mass is 10.2. The van der Waals surface area contributed by atoms with E-state index in [-0.39, 0.29) is 24.0 Å². The minimum Gasteiger partial charge on any atom is -0.370 e. The monoisotopic (exact) mass is 381 g/mol. The first-order chi connectivity index (χ1) is 11.9. The van der Waals surface area contributed by atoms with Gasteiger partial charge in [0.05, 0.1) is 16.5 Å². The van der Waals surface area contributed by atoms with Crippen molar-refractivity contribution in [2.45, 2.75) is 38.4 Å². The molecule has 7 nitrogen and oxygen atoms in total. The zero-order chi connectivity index (χ0) is 18.4. The van der Waals surface area contributed by atoms with Gasteiger partial charge in [-0.15, -0.1) is 10.2 Å². The topological polar surface area (TPSA) is 103 Å². The highest BCUT2D eigenvalue weighted by molar-refractivity contribution is 7.99. The number of aromatic nitrogens is 3. The molecule has 25 heavy (non-hydrogen) atoms. The molecule has 0 unspecified atom stereocenters. The number of nitrogens with one attached hydrogen (secondary N) is 1. The molecular formula is C16H20ClN5O2S. The molecule has 0 fully saturated rings. The summed E-state index contributed by atoms with van der Waals surface area (Å²) in [5.41, 5.74) is 6.77. The molecular weight excluding hydrogens is 362 g/mol. The first-order valence-electron chi connectivity index (χ1n) is 7.80. The Labute approximate surface area is 155 Å². The normalized spacial score (nSPS) is 10.7. The minimum atomic E-state index is -0.380. The molecule has 134 valence electrons. The highest BCUT2D eigenvalue weighted by Gasteiger charge is 2.14. The van der Waals surface area contributed by atoms with Gasteiger partial charge in [-0.2, -0.15) is 0 Å². The van der Waals surface area contributed by atoms with Gasteiger partial charge in [-0.1, -0.05) is 29.4 Å². The number of carbonyl (C=O) groups excluding carboxylic acids is 2.